The van der Waals surface area contributed by atoms with E-state index in [1.54, 1.807) is 11.3 Å². The number of hydrogen-bond acceptors (Lipinski definition) is 3. The third-order valence-corrected chi connectivity index (χ3v) is 3.99. The van der Waals surface area contributed by atoms with Crippen molar-refractivity contribution in [2.75, 3.05) is 0 Å². The van der Waals surface area contributed by atoms with E-state index in [1.807, 2.05) is 24.3 Å². The minimum Gasteiger partial charge on any atom is -0.320 e. The zero-order valence-electron chi connectivity index (χ0n) is 8.98. The van der Waals surface area contributed by atoms with Crippen molar-refractivity contribution in [1.29, 1.82) is 0 Å². The molecule has 0 bridgehead atoms. The van der Waals surface area contributed by atoms with E-state index in [2.05, 4.69) is 34.4 Å². The lowest BCUT2D eigenvalue weighted by Gasteiger charge is -2.07. The molecule has 2 nitrogen and oxygen atoms in total. The number of hydrazine groups is 1. The van der Waals surface area contributed by atoms with E-state index < -0.39 is 0 Å². The Morgan fingerprint density at radius 2 is 2.00 bits per heavy atom. The van der Waals surface area contributed by atoms with Gasteiger partial charge in [0.25, 0.3) is 0 Å². The second-order valence-electron chi connectivity index (χ2n) is 3.82. The zero-order valence-corrected chi connectivity index (χ0v) is 10.6. The standard InChI is InChI=1S/C13H11ClN2S/c14-10-5-2-1-4-9(10)11-8-12(16-15-11)13-6-3-7-17-13/h1-8,12,15-16H. The number of benzene rings is 1. The van der Waals surface area contributed by atoms with Crippen molar-refractivity contribution in [3.63, 3.8) is 0 Å². The van der Waals surface area contributed by atoms with Crippen LogP contribution in [0, 0.1) is 0 Å². The fourth-order valence-corrected chi connectivity index (χ4v) is 2.85. The molecule has 1 unspecified atom stereocenters. The molecule has 0 saturated heterocycles. The van der Waals surface area contributed by atoms with Crippen LogP contribution >= 0.6 is 22.9 Å². The Labute approximate surface area is 109 Å². The second kappa shape index (κ2) is 4.53. The molecular formula is C13H11ClN2S. The second-order valence-corrected chi connectivity index (χ2v) is 5.21. The summed E-state index contributed by atoms with van der Waals surface area (Å²) in [5, 5.41) is 2.85. The summed E-state index contributed by atoms with van der Waals surface area (Å²) in [7, 11) is 0. The Kier molecular flexibility index (Phi) is 2.89. The summed E-state index contributed by atoms with van der Waals surface area (Å²) < 4.78 is 0. The van der Waals surface area contributed by atoms with Gasteiger partial charge >= 0.3 is 0 Å². The first kappa shape index (κ1) is 10.8. The maximum Gasteiger partial charge on any atom is 0.0806 e. The van der Waals surface area contributed by atoms with Crippen LogP contribution in [0.1, 0.15) is 16.5 Å². The summed E-state index contributed by atoms with van der Waals surface area (Å²) >= 11 is 7.91. The number of rotatable bonds is 2. The molecule has 0 saturated carbocycles. The molecule has 4 heteroatoms. The molecule has 1 atom stereocenters. The molecule has 0 aliphatic carbocycles. The highest BCUT2D eigenvalue weighted by Gasteiger charge is 2.19. The van der Waals surface area contributed by atoms with Gasteiger partial charge in [0.05, 0.1) is 11.7 Å². The van der Waals surface area contributed by atoms with Gasteiger partial charge in [0.15, 0.2) is 0 Å². The van der Waals surface area contributed by atoms with Crippen molar-refractivity contribution >= 4 is 28.6 Å². The minimum atomic E-state index is 0.223. The molecule has 1 aliphatic rings. The Morgan fingerprint density at radius 1 is 1.12 bits per heavy atom. The molecule has 3 rings (SSSR count). The van der Waals surface area contributed by atoms with E-state index >= 15 is 0 Å². The molecule has 86 valence electrons. The van der Waals surface area contributed by atoms with Crippen LogP contribution in [0.2, 0.25) is 5.02 Å². The average molecular weight is 263 g/mol. The highest BCUT2D eigenvalue weighted by molar-refractivity contribution is 7.10. The largest absolute Gasteiger partial charge is 0.320 e. The quantitative estimate of drug-likeness (QED) is 0.864. The van der Waals surface area contributed by atoms with Crippen molar-refractivity contribution in [3.8, 4) is 0 Å². The minimum absolute atomic E-state index is 0.223. The lowest BCUT2D eigenvalue weighted by molar-refractivity contribution is 0.623. The Hall–Kier alpha value is -1.29. The van der Waals surface area contributed by atoms with Crippen molar-refractivity contribution in [3.05, 3.63) is 63.3 Å². The van der Waals surface area contributed by atoms with Crippen LogP contribution < -0.4 is 10.9 Å². The van der Waals surface area contributed by atoms with Crippen LogP contribution in [0.3, 0.4) is 0 Å². The molecule has 0 fully saturated rings. The third-order valence-electron chi connectivity index (χ3n) is 2.71. The Bertz CT molecular complexity index is 548. The number of halogens is 1. The van der Waals surface area contributed by atoms with Gasteiger partial charge in [0, 0.05) is 15.5 Å². The summed E-state index contributed by atoms with van der Waals surface area (Å²) in [6.45, 7) is 0. The molecule has 2 aromatic rings. The van der Waals surface area contributed by atoms with Crippen molar-refractivity contribution in [2.24, 2.45) is 0 Å². The summed E-state index contributed by atoms with van der Waals surface area (Å²) in [5.41, 5.74) is 8.49. The first-order chi connectivity index (χ1) is 8.34. The molecule has 0 amide bonds. The van der Waals surface area contributed by atoms with E-state index in [-0.39, 0.29) is 6.04 Å². The maximum absolute atomic E-state index is 6.17. The van der Waals surface area contributed by atoms with Gasteiger partial charge in [-0.05, 0) is 23.6 Å². The van der Waals surface area contributed by atoms with Gasteiger partial charge in [-0.2, -0.15) is 0 Å². The van der Waals surface area contributed by atoms with Crippen LogP contribution in [-0.2, 0) is 0 Å². The van der Waals surface area contributed by atoms with Gasteiger partial charge < -0.3 is 5.43 Å². The van der Waals surface area contributed by atoms with Crippen LogP contribution in [0.4, 0.5) is 0 Å². The van der Waals surface area contributed by atoms with Gasteiger partial charge in [-0.3, -0.25) is 0 Å². The zero-order chi connectivity index (χ0) is 11.7. The number of nitrogens with one attached hydrogen (secondary N) is 2. The number of thiophene rings is 1. The fraction of sp³-hybridized carbons (Fsp3) is 0.0769. The maximum atomic E-state index is 6.17. The summed E-state index contributed by atoms with van der Waals surface area (Å²) in [5.74, 6) is 0. The molecule has 1 aromatic heterocycles. The van der Waals surface area contributed by atoms with E-state index in [0.29, 0.717) is 0 Å². The van der Waals surface area contributed by atoms with E-state index in [9.17, 15) is 0 Å². The van der Waals surface area contributed by atoms with Gasteiger partial charge in [-0.15, -0.1) is 11.3 Å². The van der Waals surface area contributed by atoms with Gasteiger partial charge in [-0.1, -0.05) is 35.9 Å². The van der Waals surface area contributed by atoms with Gasteiger partial charge in [0.2, 0.25) is 0 Å². The molecule has 0 radical (unpaired) electrons. The van der Waals surface area contributed by atoms with Crippen molar-refractivity contribution in [1.82, 2.24) is 10.9 Å². The van der Waals surface area contributed by atoms with E-state index in [4.69, 9.17) is 11.6 Å². The highest BCUT2D eigenvalue weighted by Crippen LogP contribution is 2.29. The lowest BCUT2D eigenvalue weighted by Crippen LogP contribution is -2.25. The van der Waals surface area contributed by atoms with Crippen LogP contribution in [0.25, 0.3) is 5.70 Å². The Morgan fingerprint density at radius 3 is 2.76 bits per heavy atom. The molecule has 2 heterocycles. The first-order valence-electron chi connectivity index (χ1n) is 5.36. The highest BCUT2D eigenvalue weighted by atomic mass is 35.5. The number of hydrogen-bond donors (Lipinski definition) is 2. The summed E-state index contributed by atoms with van der Waals surface area (Å²) in [4.78, 5) is 1.29. The Balaban J connectivity index is 1.92. The molecular weight excluding hydrogens is 252 g/mol. The summed E-state index contributed by atoms with van der Waals surface area (Å²) in [6.07, 6.45) is 2.16. The SMILES string of the molecule is Clc1ccccc1C1=CC(c2cccs2)NN1. The third kappa shape index (κ3) is 2.09. The van der Waals surface area contributed by atoms with E-state index in [1.165, 1.54) is 4.88 Å². The van der Waals surface area contributed by atoms with Crippen molar-refractivity contribution in [2.45, 2.75) is 6.04 Å². The van der Waals surface area contributed by atoms with Gasteiger partial charge in [-0.25, -0.2) is 5.43 Å². The molecule has 1 aromatic carbocycles. The van der Waals surface area contributed by atoms with Crippen molar-refractivity contribution < 1.29 is 0 Å². The molecule has 2 N–H and O–H groups in total. The lowest BCUT2D eigenvalue weighted by atomic mass is 10.1. The monoisotopic (exact) mass is 262 g/mol. The smallest absolute Gasteiger partial charge is 0.0806 e. The average Bonchev–Trinajstić information content (AvgIpc) is 3.00. The van der Waals surface area contributed by atoms with Crippen LogP contribution in [-0.4, -0.2) is 0 Å². The molecule has 0 spiro atoms. The van der Waals surface area contributed by atoms with Gasteiger partial charge in [0.1, 0.15) is 0 Å². The first-order valence-corrected chi connectivity index (χ1v) is 6.62. The fourth-order valence-electron chi connectivity index (χ4n) is 1.86. The normalized spacial score (nSPS) is 18.9. The van der Waals surface area contributed by atoms with E-state index in [0.717, 1.165) is 16.3 Å². The summed E-state index contributed by atoms with van der Waals surface area (Å²) in [6, 6.07) is 12.2. The predicted octanol–water partition coefficient (Wildman–Crippen LogP) is 3.59. The van der Waals surface area contributed by atoms with Crippen LogP contribution in [0.5, 0.6) is 0 Å². The van der Waals surface area contributed by atoms with Crippen LogP contribution in [0.15, 0.2) is 47.9 Å². The molecule has 1 aliphatic heterocycles. The molecule has 17 heavy (non-hydrogen) atoms. The predicted molar refractivity (Wildman–Crippen MR) is 72.8 cm³/mol. The topological polar surface area (TPSA) is 24.1 Å².